The molecule has 1 rings (SSSR count). The first-order valence-corrected chi connectivity index (χ1v) is 5.34. The van der Waals surface area contributed by atoms with E-state index in [4.69, 9.17) is 16.7 Å². The minimum Gasteiger partial charge on any atom is -0.748 e. The molecule has 1 atom stereocenters. The van der Waals surface area contributed by atoms with Gasteiger partial charge in [0.25, 0.3) is 0 Å². The standard InChI is InChI=1S/C8H8ClNO5S/c1-10(15-16(13)14)7-3-2-5(9)4-6(7)8(11)12/h2-4H,1H3,(H,11,12)(H,13,14)/p-1. The molecule has 0 amide bonds. The molecule has 0 fully saturated rings. The predicted octanol–water partition coefficient (Wildman–Crippen LogP) is 1.20. The van der Waals surface area contributed by atoms with Gasteiger partial charge in [-0.25, -0.2) is 14.1 Å². The molecule has 1 aromatic carbocycles. The van der Waals surface area contributed by atoms with Gasteiger partial charge in [0.1, 0.15) is 11.4 Å². The SMILES string of the molecule is CN(OS(=O)[O-])c1ccc(Cl)cc1C(=O)O. The lowest BCUT2D eigenvalue weighted by Gasteiger charge is -2.20. The molecule has 16 heavy (non-hydrogen) atoms. The molecule has 0 saturated heterocycles. The lowest BCUT2D eigenvalue weighted by Crippen LogP contribution is -2.21. The molecule has 0 aliphatic carbocycles. The number of hydroxylamine groups is 1. The Balaban J connectivity index is 3.12. The van der Waals surface area contributed by atoms with Gasteiger partial charge >= 0.3 is 5.97 Å². The highest BCUT2D eigenvalue weighted by molar-refractivity contribution is 7.74. The first-order valence-electron chi connectivity index (χ1n) is 3.96. The minimum atomic E-state index is -2.77. The second-order valence-electron chi connectivity index (χ2n) is 2.74. The maximum absolute atomic E-state index is 10.9. The van der Waals surface area contributed by atoms with Gasteiger partial charge in [0, 0.05) is 12.1 Å². The molecule has 8 heteroatoms. The molecule has 0 aromatic heterocycles. The van der Waals surface area contributed by atoms with E-state index in [9.17, 15) is 13.6 Å². The molecule has 0 bridgehead atoms. The van der Waals surface area contributed by atoms with Crippen LogP contribution in [0.4, 0.5) is 5.69 Å². The first-order chi connectivity index (χ1) is 7.41. The molecule has 0 aliphatic heterocycles. The molecular weight excluding hydrogens is 258 g/mol. The van der Waals surface area contributed by atoms with Crippen molar-refractivity contribution in [3.8, 4) is 0 Å². The monoisotopic (exact) mass is 264 g/mol. The molecule has 1 N–H and O–H groups in total. The van der Waals surface area contributed by atoms with Crippen LogP contribution < -0.4 is 5.06 Å². The van der Waals surface area contributed by atoms with Gasteiger partial charge in [0.2, 0.25) is 0 Å². The summed E-state index contributed by atoms with van der Waals surface area (Å²) < 4.78 is 24.9. The molecule has 0 heterocycles. The van der Waals surface area contributed by atoms with E-state index in [1.165, 1.54) is 25.2 Å². The van der Waals surface area contributed by atoms with E-state index >= 15 is 0 Å². The number of hydrogen-bond acceptors (Lipinski definition) is 5. The highest BCUT2D eigenvalue weighted by atomic mass is 35.5. The Morgan fingerprint density at radius 1 is 1.62 bits per heavy atom. The Hall–Kier alpha value is -1.15. The van der Waals surface area contributed by atoms with Gasteiger partial charge in [0.15, 0.2) is 0 Å². The van der Waals surface area contributed by atoms with E-state index in [1.54, 1.807) is 0 Å². The fourth-order valence-corrected chi connectivity index (χ4v) is 1.52. The summed E-state index contributed by atoms with van der Waals surface area (Å²) in [7, 11) is 1.27. The molecule has 1 unspecified atom stereocenters. The van der Waals surface area contributed by atoms with E-state index in [0.717, 1.165) is 5.06 Å². The lowest BCUT2D eigenvalue weighted by molar-refractivity contribution is 0.0696. The average Bonchev–Trinajstić information content (AvgIpc) is 2.16. The molecular formula is C8H7ClNO5S-. The number of carboxylic acids is 1. The second-order valence-corrected chi connectivity index (χ2v) is 3.74. The van der Waals surface area contributed by atoms with Crippen molar-refractivity contribution >= 4 is 34.6 Å². The van der Waals surface area contributed by atoms with Crippen molar-refractivity contribution < 1.29 is 22.9 Å². The van der Waals surface area contributed by atoms with Crippen LogP contribution in [0.25, 0.3) is 0 Å². The summed E-state index contributed by atoms with van der Waals surface area (Å²) in [6.45, 7) is 0. The molecule has 88 valence electrons. The number of anilines is 1. The Bertz CT molecular complexity index is 438. The number of carboxylic acid groups (broad SMARTS) is 1. The number of halogens is 1. The summed E-state index contributed by atoms with van der Waals surface area (Å²) in [5, 5.41) is 9.93. The van der Waals surface area contributed by atoms with Crippen molar-refractivity contribution in [2.24, 2.45) is 0 Å². The quantitative estimate of drug-likeness (QED) is 0.649. The molecule has 0 aliphatic rings. The Kier molecular flexibility index (Phi) is 4.25. The maximum Gasteiger partial charge on any atom is 0.337 e. The van der Waals surface area contributed by atoms with Gasteiger partial charge in [0.05, 0.1) is 11.3 Å². The molecule has 0 spiro atoms. The molecule has 6 nitrogen and oxygen atoms in total. The Morgan fingerprint density at radius 3 is 2.75 bits per heavy atom. The van der Waals surface area contributed by atoms with Crippen molar-refractivity contribution in [1.29, 1.82) is 0 Å². The number of hydrogen-bond donors (Lipinski definition) is 1. The van der Waals surface area contributed by atoms with Crippen LogP contribution in [0.2, 0.25) is 5.02 Å². The van der Waals surface area contributed by atoms with Crippen LogP contribution in [-0.2, 0) is 15.6 Å². The van der Waals surface area contributed by atoms with Crippen molar-refractivity contribution in [3.63, 3.8) is 0 Å². The number of nitrogens with zero attached hydrogens (tertiary/aromatic N) is 1. The summed E-state index contributed by atoms with van der Waals surface area (Å²) in [6.07, 6.45) is 0. The van der Waals surface area contributed by atoms with Gasteiger partial charge in [-0.3, -0.25) is 0 Å². The number of rotatable bonds is 4. The van der Waals surface area contributed by atoms with E-state index in [1.807, 2.05) is 0 Å². The summed E-state index contributed by atoms with van der Waals surface area (Å²) >= 11 is 2.85. The van der Waals surface area contributed by atoms with Gasteiger partial charge in [-0.05, 0) is 18.2 Å². The molecule has 0 radical (unpaired) electrons. The summed E-state index contributed by atoms with van der Waals surface area (Å²) in [5.74, 6) is -1.23. The molecule has 0 saturated carbocycles. The number of carbonyl (C=O) groups is 1. The van der Waals surface area contributed by atoms with Gasteiger partial charge in [-0.2, -0.15) is 4.28 Å². The third-order valence-corrected chi connectivity index (χ3v) is 2.28. The van der Waals surface area contributed by atoms with Crippen molar-refractivity contribution in [2.75, 3.05) is 12.1 Å². The first kappa shape index (κ1) is 12.9. The predicted molar refractivity (Wildman–Crippen MR) is 56.8 cm³/mol. The Labute approximate surface area is 98.8 Å². The third-order valence-electron chi connectivity index (χ3n) is 1.70. The highest BCUT2D eigenvalue weighted by Crippen LogP contribution is 2.24. The van der Waals surface area contributed by atoms with Crippen molar-refractivity contribution in [1.82, 2.24) is 0 Å². The van der Waals surface area contributed by atoms with E-state index in [0.29, 0.717) is 0 Å². The summed E-state index contributed by atoms with van der Waals surface area (Å²) in [4.78, 5) is 10.9. The van der Waals surface area contributed by atoms with Crippen LogP contribution in [0.1, 0.15) is 10.4 Å². The normalized spacial score (nSPS) is 12.2. The maximum atomic E-state index is 10.9. The minimum absolute atomic E-state index is 0.0844. The summed E-state index contributed by atoms with van der Waals surface area (Å²) in [5.41, 5.74) is -0.0680. The number of aromatic carboxylic acids is 1. The van der Waals surface area contributed by atoms with Crippen molar-refractivity contribution in [3.05, 3.63) is 28.8 Å². The second kappa shape index (κ2) is 5.26. The fourth-order valence-electron chi connectivity index (χ4n) is 1.09. The van der Waals surface area contributed by atoms with Crippen LogP contribution in [0.3, 0.4) is 0 Å². The highest BCUT2D eigenvalue weighted by Gasteiger charge is 2.14. The lowest BCUT2D eigenvalue weighted by atomic mass is 10.2. The third kappa shape index (κ3) is 3.17. The zero-order valence-corrected chi connectivity index (χ0v) is 9.62. The average molecular weight is 265 g/mol. The van der Waals surface area contributed by atoms with E-state index in [2.05, 4.69) is 4.28 Å². The van der Waals surface area contributed by atoms with Crippen LogP contribution >= 0.6 is 11.6 Å². The van der Waals surface area contributed by atoms with Crippen molar-refractivity contribution in [2.45, 2.75) is 0 Å². The van der Waals surface area contributed by atoms with Gasteiger partial charge < -0.3 is 9.66 Å². The number of benzene rings is 1. The van der Waals surface area contributed by atoms with Crippen LogP contribution in [-0.4, -0.2) is 26.9 Å². The Morgan fingerprint density at radius 2 is 2.25 bits per heavy atom. The van der Waals surface area contributed by atoms with E-state index < -0.39 is 17.3 Å². The van der Waals surface area contributed by atoms with Crippen LogP contribution in [0, 0.1) is 0 Å². The van der Waals surface area contributed by atoms with Crippen LogP contribution in [0.15, 0.2) is 18.2 Å². The molecule has 1 aromatic rings. The zero-order chi connectivity index (χ0) is 12.3. The topological polar surface area (TPSA) is 89.9 Å². The smallest absolute Gasteiger partial charge is 0.337 e. The fraction of sp³-hybridized carbons (Fsp3) is 0.125. The van der Waals surface area contributed by atoms with Gasteiger partial charge in [-0.15, -0.1) is 0 Å². The van der Waals surface area contributed by atoms with Gasteiger partial charge in [-0.1, -0.05) is 11.6 Å². The largest absolute Gasteiger partial charge is 0.748 e. The zero-order valence-electron chi connectivity index (χ0n) is 8.05. The summed E-state index contributed by atoms with van der Waals surface area (Å²) in [6, 6.07) is 3.97. The van der Waals surface area contributed by atoms with Crippen LogP contribution in [0.5, 0.6) is 0 Å². The van der Waals surface area contributed by atoms with E-state index in [-0.39, 0.29) is 16.3 Å².